The van der Waals surface area contributed by atoms with E-state index >= 15 is 0 Å². The minimum absolute atomic E-state index is 0.00587. The Bertz CT molecular complexity index is 1570. The van der Waals surface area contributed by atoms with Crippen LogP contribution in [0.25, 0.3) is 22.3 Å². The van der Waals surface area contributed by atoms with E-state index in [1.54, 1.807) is 0 Å². The Labute approximate surface area is 260 Å². The highest BCUT2D eigenvalue weighted by molar-refractivity contribution is 5.86. The highest BCUT2D eigenvalue weighted by Gasteiger charge is 2.51. The summed E-state index contributed by atoms with van der Waals surface area (Å²) in [6, 6.07) is 9.31. The highest BCUT2D eigenvalue weighted by Crippen LogP contribution is 2.35. The first-order chi connectivity index (χ1) is 21.8. The fourth-order valence-corrected chi connectivity index (χ4v) is 5.14. The number of benzene rings is 2. The van der Waals surface area contributed by atoms with Gasteiger partial charge in [0.1, 0.15) is 70.6 Å². The number of hydrogen-bond donors (Lipinski definition) is 8. The maximum absolute atomic E-state index is 12.9. The van der Waals surface area contributed by atoms with E-state index in [-0.39, 0.29) is 47.9 Å². The number of aliphatic hydroxyl groups is 5. The van der Waals surface area contributed by atoms with E-state index in [0.29, 0.717) is 5.56 Å². The molecule has 2 saturated heterocycles. The van der Waals surface area contributed by atoms with Crippen LogP contribution < -0.4 is 10.2 Å². The zero-order valence-electron chi connectivity index (χ0n) is 24.3. The number of aliphatic hydroxyl groups excluding tert-OH is 5. The van der Waals surface area contributed by atoms with Gasteiger partial charge in [0.2, 0.25) is 6.29 Å². The number of carboxylic acids is 1. The monoisotopic (exact) mass is 650 g/mol. The summed E-state index contributed by atoms with van der Waals surface area (Å²) >= 11 is 0. The Morgan fingerprint density at radius 1 is 0.870 bits per heavy atom. The second-order valence-corrected chi connectivity index (χ2v) is 11.0. The molecule has 0 unspecified atom stereocenters. The molecule has 2 aliphatic rings. The van der Waals surface area contributed by atoms with Crippen LogP contribution in [-0.2, 0) is 23.7 Å². The smallest absolute Gasteiger partial charge is 0.305 e. The van der Waals surface area contributed by atoms with Crippen molar-refractivity contribution < 1.29 is 73.7 Å². The fraction of sp³-hybridized carbons (Fsp3) is 0.467. The first-order valence-electron chi connectivity index (χ1n) is 14.3. The lowest BCUT2D eigenvalue weighted by Crippen LogP contribution is -2.64. The summed E-state index contributed by atoms with van der Waals surface area (Å²) < 4.78 is 34.2. The lowest BCUT2D eigenvalue weighted by molar-refractivity contribution is -0.355. The molecule has 5 rings (SSSR count). The third kappa shape index (κ3) is 7.10. The quantitative estimate of drug-likeness (QED) is 0.127. The Kier molecular flexibility index (Phi) is 10.1. The molecule has 46 heavy (non-hydrogen) atoms. The van der Waals surface area contributed by atoms with Crippen molar-refractivity contribution in [2.24, 2.45) is 0 Å². The number of aliphatic carboxylic acids is 1. The number of rotatable bonds is 10. The van der Waals surface area contributed by atoms with E-state index in [9.17, 15) is 45.3 Å². The molecule has 16 nitrogen and oxygen atoms in total. The molecule has 0 aliphatic carbocycles. The van der Waals surface area contributed by atoms with Gasteiger partial charge in [-0.05, 0) is 31.2 Å². The molecule has 0 radical (unpaired) electrons. The van der Waals surface area contributed by atoms with Crippen LogP contribution in [0, 0.1) is 0 Å². The minimum atomic E-state index is -1.80. The van der Waals surface area contributed by atoms with E-state index in [4.69, 9.17) is 33.2 Å². The molecule has 16 heteroatoms. The van der Waals surface area contributed by atoms with Gasteiger partial charge in [0.05, 0.1) is 25.7 Å². The normalized spacial score (nSPS) is 31.5. The lowest BCUT2D eigenvalue weighted by atomic mass is 9.97. The molecule has 3 aromatic rings. The number of fused-ring (bicyclic) bond motifs is 1. The van der Waals surface area contributed by atoms with Crippen molar-refractivity contribution in [3.8, 4) is 28.6 Å². The van der Waals surface area contributed by atoms with Crippen molar-refractivity contribution >= 4 is 16.9 Å². The average molecular weight is 651 g/mol. The van der Waals surface area contributed by atoms with Gasteiger partial charge < -0.3 is 69.0 Å². The van der Waals surface area contributed by atoms with Gasteiger partial charge in [0.25, 0.3) is 0 Å². The first kappa shape index (κ1) is 33.5. The van der Waals surface area contributed by atoms with Crippen molar-refractivity contribution in [2.75, 3.05) is 13.2 Å². The van der Waals surface area contributed by atoms with Crippen LogP contribution in [-0.4, -0.2) is 121 Å². The predicted molar refractivity (Wildman–Crippen MR) is 153 cm³/mol. The molecule has 2 aliphatic heterocycles. The molecule has 0 spiro atoms. The second-order valence-electron chi connectivity index (χ2n) is 11.0. The summed E-state index contributed by atoms with van der Waals surface area (Å²) in [6.45, 7) is 0.802. The number of carbonyl (C=O) groups is 1. The molecular formula is C30H34O16. The van der Waals surface area contributed by atoms with Crippen molar-refractivity contribution in [2.45, 2.75) is 74.8 Å². The predicted octanol–water partition coefficient (Wildman–Crippen LogP) is -0.599. The van der Waals surface area contributed by atoms with Gasteiger partial charge in [0.15, 0.2) is 17.8 Å². The van der Waals surface area contributed by atoms with E-state index in [1.165, 1.54) is 37.3 Å². The number of phenols is 2. The number of ether oxygens (including phenoxy) is 5. The standard InChI is InChI=1S/C30H34O16/c1-12-23(36)25(38)27(40)29(42-12)46-28-26(39)24(37)20(11-41-7-6-21(34)35)45-30(28)43-15-8-16(32)22-17(33)10-18(44-19(22)9-15)13-2-4-14(31)5-3-13/h2-5,8-10,12,20,23-32,36-40H,6-7,11H2,1H3,(H,34,35)/t12-,20+,23-,24+,25+,26-,27+,28+,29-,30+/m0/s1. The fourth-order valence-electron chi connectivity index (χ4n) is 5.14. The summed E-state index contributed by atoms with van der Waals surface area (Å²) in [7, 11) is 0. The molecule has 0 bridgehead atoms. The summed E-state index contributed by atoms with van der Waals surface area (Å²) in [5.41, 5.74) is -0.244. The van der Waals surface area contributed by atoms with E-state index < -0.39 is 78.6 Å². The van der Waals surface area contributed by atoms with Crippen LogP contribution in [0.1, 0.15) is 13.3 Å². The summed E-state index contributed by atoms with van der Waals surface area (Å²) in [5.74, 6) is -1.70. The van der Waals surface area contributed by atoms with Crippen LogP contribution in [0.4, 0.5) is 0 Å². The van der Waals surface area contributed by atoms with Crippen LogP contribution in [0.2, 0.25) is 0 Å². The SMILES string of the molecule is C[C@@H]1O[C@@H](O[C@H]2[C@H](Oc3cc(O)c4c(=O)cc(-c5ccc(O)cc5)oc4c3)O[C@H](COCCC(=O)O)[C@@H](O)[C@@H]2O)[C@H](O)[C@H](O)[C@H]1O. The highest BCUT2D eigenvalue weighted by atomic mass is 16.8. The Morgan fingerprint density at radius 2 is 1.59 bits per heavy atom. The van der Waals surface area contributed by atoms with Gasteiger partial charge >= 0.3 is 5.97 Å². The lowest BCUT2D eigenvalue weighted by Gasteiger charge is -2.45. The van der Waals surface area contributed by atoms with Crippen molar-refractivity contribution in [1.29, 1.82) is 0 Å². The summed E-state index contributed by atoms with van der Waals surface area (Å²) in [5, 5.41) is 81.7. The second kappa shape index (κ2) is 13.9. The molecular weight excluding hydrogens is 616 g/mol. The topological polar surface area (TPSA) is 255 Å². The Hall–Kier alpha value is -3.84. The number of aromatic hydroxyl groups is 2. The van der Waals surface area contributed by atoms with Gasteiger partial charge in [-0.15, -0.1) is 0 Å². The van der Waals surface area contributed by atoms with Gasteiger partial charge in [-0.3, -0.25) is 9.59 Å². The van der Waals surface area contributed by atoms with Gasteiger partial charge in [-0.2, -0.15) is 0 Å². The Morgan fingerprint density at radius 3 is 2.28 bits per heavy atom. The molecule has 1 aromatic heterocycles. The maximum atomic E-state index is 12.9. The van der Waals surface area contributed by atoms with Gasteiger partial charge in [0, 0.05) is 23.8 Å². The molecule has 8 N–H and O–H groups in total. The van der Waals surface area contributed by atoms with Crippen LogP contribution in [0.3, 0.4) is 0 Å². The largest absolute Gasteiger partial charge is 0.508 e. The molecule has 3 heterocycles. The van der Waals surface area contributed by atoms with E-state index in [2.05, 4.69) is 0 Å². The third-order valence-corrected chi connectivity index (χ3v) is 7.67. The summed E-state index contributed by atoms with van der Waals surface area (Å²) in [4.78, 5) is 23.7. The van der Waals surface area contributed by atoms with Crippen molar-refractivity contribution in [3.05, 3.63) is 52.7 Å². The average Bonchev–Trinajstić information content (AvgIpc) is 3.00. The van der Waals surface area contributed by atoms with Gasteiger partial charge in [-0.25, -0.2) is 0 Å². The third-order valence-electron chi connectivity index (χ3n) is 7.67. The van der Waals surface area contributed by atoms with E-state index in [0.717, 1.165) is 12.1 Å². The van der Waals surface area contributed by atoms with Crippen LogP contribution in [0.15, 0.2) is 51.7 Å². The summed E-state index contributed by atoms with van der Waals surface area (Å²) in [6.07, 6.45) is -15.9. The van der Waals surface area contributed by atoms with Gasteiger partial charge in [-0.1, -0.05) is 0 Å². The Balaban J connectivity index is 1.46. The van der Waals surface area contributed by atoms with E-state index in [1.807, 2.05) is 0 Å². The zero-order chi connectivity index (χ0) is 33.3. The zero-order valence-corrected chi connectivity index (χ0v) is 24.3. The van der Waals surface area contributed by atoms with Crippen molar-refractivity contribution in [3.63, 3.8) is 0 Å². The molecule has 2 aromatic carbocycles. The molecule has 2 fully saturated rings. The minimum Gasteiger partial charge on any atom is -0.508 e. The number of carboxylic acid groups (broad SMARTS) is 1. The molecule has 250 valence electrons. The number of hydrogen-bond acceptors (Lipinski definition) is 15. The molecule has 0 saturated carbocycles. The molecule has 10 atom stereocenters. The first-order valence-corrected chi connectivity index (χ1v) is 14.3. The number of phenolic OH excluding ortho intramolecular Hbond substituents is 2. The maximum Gasteiger partial charge on any atom is 0.305 e. The van der Waals surface area contributed by atoms with Crippen molar-refractivity contribution in [1.82, 2.24) is 0 Å². The van der Waals surface area contributed by atoms with Crippen LogP contribution in [0.5, 0.6) is 17.2 Å². The van der Waals surface area contributed by atoms with Crippen LogP contribution >= 0.6 is 0 Å². The molecule has 0 amide bonds.